The maximum Gasteiger partial charge on any atom is 0.207 e. The molecule has 0 spiro atoms. The average molecular weight is 345 g/mol. The molecule has 3 aromatic rings. The first-order chi connectivity index (χ1) is 12.7. The van der Waals surface area contributed by atoms with E-state index in [2.05, 4.69) is 21.7 Å². The van der Waals surface area contributed by atoms with Gasteiger partial charge in [0.05, 0.1) is 11.6 Å². The number of anilines is 2. The number of aromatic nitrogens is 1. The first kappa shape index (κ1) is 17.2. The van der Waals surface area contributed by atoms with Crippen molar-refractivity contribution in [2.75, 3.05) is 24.1 Å². The fourth-order valence-corrected chi connectivity index (χ4v) is 2.87. The Hall–Kier alpha value is -3.59. The van der Waals surface area contributed by atoms with Gasteiger partial charge in [-0.3, -0.25) is 4.79 Å². The topological polar surface area (TPSA) is 104 Å². The van der Waals surface area contributed by atoms with Crippen LogP contribution in [0.5, 0.6) is 0 Å². The standard InChI is InChI=1S/C20H19N5O/c21-11-15-3-1-4-17-18(14-5-7-16(22)8-6-14)12-25-20(19(15)17)24-10-2-9-23-13-26/h1,3-8,12-13H,2,9-10,22H2,(H,23,26)(H,24,25). The number of hydrogen-bond acceptors (Lipinski definition) is 5. The Morgan fingerprint density at radius 1 is 1.15 bits per heavy atom. The van der Waals surface area contributed by atoms with Crippen molar-refractivity contribution >= 4 is 28.7 Å². The lowest BCUT2D eigenvalue weighted by Gasteiger charge is -2.13. The van der Waals surface area contributed by atoms with E-state index in [-0.39, 0.29) is 0 Å². The van der Waals surface area contributed by atoms with E-state index in [0.717, 1.165) is 28.3 Å². The molecule has 0 saturated heterocycles. The summed E-state index contributed by atoms with van der Waals surface area (Å²) in [5.41, 5.74) is 8.99. The molecule has 6 heteroatoms. The van der Waals surface area contributed by atoms with Crippen molar-refractivity contribution < 1.29 is 4.79 Å². The highest BCUT2D eigenvalue weighted by Gasteiger charge is 2.12. The zero-order valence-electron chi connectivity index (χ0n) is 14.2. The minimum atomic E-state index is 0.570. The number of nitriles is 1. The maximum atomic E-state index is 10.3. The molecule has 0 radical (unpaired) electrons. The highest BCUT2D eigenvalue weighted by Crippen LogP contribution is 2.33. The number of fused-ring (bicyclic) bond motifs is 1. The third kappa shape index (κ3) is 3.57. The summed E-state index contributed by atoms with van der Waals surface area (Å²) in [6.45, 7) is 1.23. The molecule has 130 valence electrons. The van der Waals surface area contributed by atoms with E-state index in [4.69, 9.17) is 5.73 Å². The molecule has 1 heterocycles. The van der Waals surface area contributed by atoms with Gasteiger partial charge in [-0.15, -0.1) is 0 Å². The van der Waals surface area contributed by atoms with Crippen LogP contribution in [0.4, 0.5) is 11.5 Å². The van der Waals surface area contributed by atoms with Crippen LogP contribution in [0, 0.1) is 11.3 Å². The molecule has 4 N–H and O–H groups in total. The first-order valence-electron chi connectivity index (χ1n) is 8.33. The molecule has 0 aliphatic rings. The summed E-state index contributed by atoms with van der Waals surface area (Å²) < 4.78 is 0. The van der Waals surface area contributed by atoms with Crippen molar-refractivity contribution in [3.63, 3.8) is 0 Å². The second-order valence-electron chi connectivity index (χ2n) is 5.83. The second-order valence-corrected chi connectivity index (χ2v) is 5.83. The number of rotatable bonds is 7. The molecule has 6 nitrogen and oxygen atoms in total. The number of benzene rings is 2. The van der Waals surface area contributed by atoms with E-state index in [1.165, 1.54) is 0 Å². The summed E-state index contributed by atoms with van der Waals surface area (Å²) in [6, 6.07) is 15.5. The Morgan fingerprint density at radius 2 is 1.96 bits per heavy atom. The summed E-state index contributed by atoms with van der Waals surface area (Å²) in [4.78, 5) is 14.9. The van der Waals surface area contributed by atoms with E-state index >= 15 is 0 Å². The van der Waals surface area contributed by atoms with Gasteiger partial charge in [-0.1, -0.05) is 24.3 Å². The highest BCUT2D eigenvalue weighted by molar-refractivity contribution is 6.04. The van der Waals surface area contributed by atoms with Crippen molar-refractivity contribution in [3.05, 3.63) is 54.2 Å². The van der Waals surface area contributed by atoms with Crippen LogP contribution in [0.15, 0.2) is 48.7 Å². The second kappa shape index (κ2) is 7.99. The smallest absolute Gasteiger partial charge is 0.207 e. The summed E-state index contributed by atoms with van der Waals surface area (Å²) in [7, 11) is 0. The third-order valence-corrected chi connectivity index (χ3v) is 4.13. The average Bonchev–Trinajstić information content (AvgIpc) is 2.68. The molecule has 2 aromatic carbocycles. The molecule has 0 aliphatic carbocycles. The molecule has 26 heavy (non-hydrogen) atoms. The highest BCUT2D eigenvalue weighted by atomic mass is 16.1. The number of nitrogen functional groups attached to an aromatic ring is 1. The molecule has 3 rings (SSSR count). The SMILES string of the molecule is N#Cc1cccc2c(-c3ccc(N)cc3)cnc(NCCCNC=O)c12. The number of amides is 1. The van der Waals surface area contributed by atoms with Crippen LogP contribution in [0.1, 0.15) is 12.0 Å². The minimum Gasteiger partial charge on any atom is -0.399 e. The van der Waals surface area contributed by atoms with E-state index in [0.29, 0.717) is 36.6 Å². The number of nitrogens with one attached hydrogen (secondary N) is 2. The van der Waals surface area contributed by atoms with Crippen LogP contribution in [0.2, 0.25) is 0 Å². The van der Waals surface area contributed by atoms with Crippen molar-refractivity contribution in [2.45, 2.75) is 6.42 Å². The van der Waals surface area contributed by atoms with Gasteiger partial charge in [-0.25, -0.2) is 4.98 Å². The molecule has 0 aliphatic heterocycles. The van der Waals surface area contributed by atoms with Gasteiger partial charge in [-0.05, 0) is 35.6 Å². The molecule has 0 atom stereocenters. The van der Waals surface area contributed by atoms with Crippen molar-refractivity contribution in [3.8, 4) is 17.2 Å². The predicted octanol–water partition coefficient (Wildman–Crippen LogP) is 2.90. The molecule has 0 unspecified atom stereocenters. The normalized spacial score (nSPS) is 10.3. The Bertz CT molecular complexity index is 960. The molecule has 1 aromatic heterocycles. The molecular weight excluding hydrogens is 326 g/mol. The third-order valence-electron chi connectivity index (χ3n) is 4.13. The molecule has 0 fully saturated rings. The van der Waals surface area contributed by atoms with Crippen LogP contribution >= 0.6 is 0 Å². The minimum absolute atomic E-state index is 0.570. The largest absolute Gasteiger partial charge is 0.399 e. The van der Waals surface area contributed by atoms with Gasteiger partial charge in [0.25, 0.3) is 0 Å². The van der Waals surface area contributed by atoms with Gasteiger partial charge in [0.15, 0.2) is 0 Å². The van der Waals surface area contributed by atoms with Crippen LogP contribution in [-0.2, 0) is 4.79 Å². The number of carbonyl (C=O) groups excluding carboxylic acids is 1. The zero-order chi connectivity index (χ0) is 18.4. The quantitative estimate of drug-likeness (QED) is 0.347. The fraction of sp³-hybridized carbons (Fsp3) is 0.150. The van der Waals surface area contributed by atoms with Gasteiger partial charge in [-0.2, -0.15) is 5.26 Å². The van der Waals surface area contributed by atoms with Gasteiger partial charge < -0.3 is 16.4 Å². The summed E-state index contributed by atoms with van der Waals surface area (Å²) in [6.07, 6.45) is 3.25. The number of hydrogen-bond donors (Lipinski definition) is 3. The lowest BCUT2D eigenvalue weighted by molar-refractivity contribution is -0.109. The number of nitrogens with two attached hydrogens (primary N) is 1. The number of carbonyl (C=O) groups is 1. The zero-order valence-corrected chi connectivity index (χ0v) is 14.2. The first-order valence-corrected chi connectivity index (χ1v) is 8.33. The van der Waals surface area contributed by atoms with Crippen LogP contribution in [-0.4, -0.2) is 24.5 Å². The molecule has 0 saturated carbocycles. The predicted molar refractivity (Wildman–Crippen MR) is 103 cm³/mol. The monoisotopic (exact) mass is 345 g/mol. The van der Waals surface area contributed by atoms with Crippen LogP contribution in [0.25, 0.3) is 21.9 Å². The summed E-state index contributed by atoms with van der Waals surface area (Å²) >= 11 is 0. The molecule has 1 amide bonds. The van der Waals surface area contributed by atoms with Crippen LogP contribution in [0.3, 0.4) is 0 Å². The van der Waals surface area contributed by atoms with E-state index in [1.54, 1.807) is 12.3 Å². The van der Waals surface area contributed by atoms with Gasteiger partial charge in [0.2, 0.25) is 6.41 Å². The van der Waals surface area contributed by atoms with Crippen molar-refractivity contribution in [1.82, 2.24) is 10.3 Å². The van der Waals surface area contributed by atoms with Gasteiger partial charge in [0.1, 0.15) is 5.82 Å². The summed E-state index contributed by atoms with van der Waals surface area (Å²) in [5, 5.41) is 17.2. The Kier molecular flexibility index (Phi) is 5.30. The fourth-order valence-electron chi connectivity index (χ4n) is 2.87. The number of pyridine rings is 1. The molecule has 0 bridgehead atoms. The maximum absolute atomic E-state index is 10.3. The van der Waals surface area contributed by atoms with Crippen LogP contribution < -0.4 is 16.4 Å². The van der Waals surface area contributed by atoms with E-state index in [1.807, 2.05) is 36.4 Å². The van der Waals surface area contributed by atoms with Crippen molar-refractivity contribution in [2.24, 2.45) is 0 Å². The van der Waals surface area contributed by atoms with Gasteiger partial charge >= 0.3 is 0 Å². The lowest BCUT2D eigenvalue weighted by Crippen LogP contribution is -2.16. The van der Waals surface area contributed by atoms with Gasteiger partial charge in [0, 0.05) is 35.9 Å². The Labute approximate surface area is 151 Å². The molecular formula is C20H19N5O. The Morgan fingerprint density at radius 3 is 2.69 bits per heavy atom. The lowest BCUT2D eigenvalue weighted by atomic mass is 9.97. The Balaban J connectivity index is 2.02. The summed E-state index contributed by atoms with van der Waals surface area (Å²) in [5.74, 6) is 0.669. The number of nitrogens with zero attached hydrogens (tertiary/aromatic N) is 2. The van der Waals surface area contributed by atoms with E-state index in [9.17, 15) is 10.1 Å². The van der Waals surface area contributed by atoms with Crippen molar-refractivity contribution in [1.29, 1.82) is 5.26 Å². The van der Waals surface area contributed by atoms with E-state index < -0.39 is 0 Å².